The van der Waals surface area contributed by atoms with Gasteiger partial charge in [-0.15, -0.1) is 10.1 Å². The summed E-state index contributed by atoms with van der Waals surface area (Å²) in [5.74, 6) is 0. The van der Waals surface area contributed by atoms with Crippen LogP contribution in [0.5, 0.6) is 0 Å². The normalized spacial score (nSPS) is 7.12. The van der Waals surface area contributed by atoms with E-state index in [1.165, 1.54) is 0 Å². The maximum atomic E-state index is 9.23. The van der Waals surface area contributed by atoms with Crippen LogP contribution in [0.3, 0.4) is 0 Å². The fourth-order valence-electron chi connectivity index (χ4n) is 0.115. The minimum Gasteiger partial charge on any atom is -0.394 e. The Labute approximate surface area is 59.4 Å². The van der Waals surface area contributed by atoms with Gasteiger partial charge >= 0.3 is 0 Å². The van der Waals surface area contributed by atoms with Crippen LogP contribution < -0.4 is 0 Å². The Morgan fingerprint density at radius 3 is 2.38 bits per heavy atom. The second-order valence-corrected chi connectivity index (χ2v) is 0.780. The van der Waals surface area contributed by atoms with Gasteiger partial charge in [-0.1, -0.05) is 0 Å². The second-order valence-electron chi connectivity index (χ2n) is 0.780. The third-order valence-corrected chi connectivity index (χ3v) is 0.288. The molecule has 0 unspecified atom stereocenters. The zero-order chi connectivity index (χ0) is 5.70. The molecule has 0 bridgehead atoms. The van der Waals surface area contributed by atoms with Crippen LogP contribution in [0.25, 0.3) is 0 Å². The molecule has 6 heteroatoms. The molecule has 0 saturated carbocycles. The van der Waals surface area contributed by atoms with Crippen LogP contribution in [-0.4, -0.2) is 23.4 Å². The van der Waals surface area contributed by atoms with Crippen LogP contribution in [0.4, 0.5) is 0 Å². The van der Waals surface area contributed by atoms with E-state index in [1.54, 1.807) is 0 Å². The van der Waals surface area contributed by atoms with Crippen molar-refractivity contribution < 1.29 is 35.5 Å². The largest absolute Gasteiger partial charge is 0.394 e. The molecule has 0 spiro atoms. The average Bonchev–Trinajstić information content (AvgIpc) is 1.61. The van der Waals surface area contributed by atoms with E-state index < -0.39 is 5.09 Å². The maximum Gasteiger partial charge on any atom is 0.294 e. The van der Waals surface area contributed by atoms with Crippen molar-refractivity contribution in [2.45, 2.75) is 0 Å². The van der Waals surface area contributed by atoms with Gasteiger partial charge in [0.15, 0.2) is 0 Å². The summed E-state index contributed by atoms with van der Waals surface area (Å²) >= 11 is 0. The predicted octanol–water partition coefficient (Wildman–Crippen LogP) is -0.816. The third-order valence-electron chi connectivity index (χ3n) is 0.288. The molecule has 1 N–H and O–H groups in total. The Kier molecular flexibility index (Phi) is 9.16. The molecule has 52 valence electrons. The quantitative estimate of drug-likeness (QED) is 0.378. The molecule has 0 amide bonds. The minimum absolute atomic E-state index is 0. The third kappa shape index (κ3) is 9.27. The maximum absolute atomic E-state index is 9.23. The van der Waals surface area contributed by atoms with Crippen molar-refractivity contribution in [3.63, 3.8) is 0 Å². The summed E-state index contributed by atoms with van der Waals surface area (Å²) < 4.78 is 0. The van der Waals surface area contributed by atoms with Crippen molar-refractivity contribution in [3.8, 4) is 0 Å². The van der Waals surface area contributed by atoms with E-state index in [1.807, 2.05) is 0 Å². The summed E-state index contributed by atoms with van der Waals surface area (Å²) in [6, 6.07) is 0. The zero-order valence-electron chi connectivity index (χ0n) is 3.85. The van der Waals surface area contributed by atoms with Crippen LogP contribution in [0.2, 0.25) is 0 Å². The van der Waals surface area contributed by atoms with E-state index in [9.17, 15) is 10.1 Å². The molecule has 0 aromatic carbocycles. The Bertz CT molecular complexity index is 67.1. The number of hydrogen-bond donors (Lipinski definition) is 1. The summed E-state index contributed by atoms with van der Waals surface area (Å²) in [7, 11) is 0. The monoisotopic (exact) mass is 213 g/mol. The summed E-state index contributed by atoms with van der Waals surface area (Å²) in [5, 5.41) is 16.2. The van der Waals surface area contributed by atoms with Crippen LogP contribution in [-0.2, 0) is 25.3 Å². The zero-order valence-corrected chi connectivity index (χ0v) is 5.40. The van der Waals surface area contributed by atoms with Crippen molar-refractivity contribution in [3.05, 3.63) is 10.1 Å². The molecule has 0 aliphatic heterocycles. The number of aliphatic hydroxyl groups is 1. The van der Waals surface area contributed by atoms with Gasteiger partial charge in [0.2, 0.25) is 0 Å². The van der Waals surface area contributed by atoms with Crippen molar-refractivity contribution in [2.24, 2.45) is 0 Å². The van der Waals surface area contributed by atoms with E-state index in [0.29, 0.717) is 0 Å². The molecule has 0 aliphatic rings. The topological polar surface area (TPSA) is 72.6 Å². The van der Waals surface area contributed by atoms with Crippen LogP contribution in [0, 0.1) is 10.1 Å². The molecule has 5 nitrogen and oxygen atoms in total. The van der Waals surface area contributed by atoms with Gasteiger partial charge in [0.1, 0.15) is 6.61 Å². The molecule has 0 heterocycles. The number of nitrogens with zero attached hydrogens (tertiary/aromatic N) is 1. The fourth-order valence-corrected chi connectivity index (χ4v) is 0.115. The number of aliphatic hydroxyl groups excluding tert-OH is 1. The molecule has 0 atom stereocenters. The molecule has 0 radical (unpaired) electrons. The van der Waals surface area contributed by atoms with Gasteiger partial charge in [-0.05, 0) is 0 Å². The van der Waals surface area contributed by atoms with E-state index >= 15 is 0 Å². The van der Waals surface area contributed by atoms with E-state index in [2.05, 4.69) is 4.84 Å². The van der Waals surface area contributed by atoms with Gasteiger partial charge in [0.05, 0.1) is 6.61 Å². The fraction of sp³-hybridized carbons (Fsp3) is 1.00. The van der Waals surface area contributed by atoms with Crippen LogP contribution in [0.1, 0.15) is 0 Å². The molecule has 0 aliphatic carbocycles. The summed E-state index contributed by atoms with van der Waals surface area (Å²) in [6.07, 6.45) is 0. The molecule has 0 aromatic rings. The van der Waals surface area contributed by atoms with E-state index in [-0.39, 0.29) is 33.6 Å². The standard InChI is InChI=1S/C2H5NO4.Pd/c4-1-2-7-3(5)6;/h4H,1-2H2;. The molecule has 0 aromatic heterocycles. The van der Waals surface area contributed by atoms with E-state index in [4.69, 9.17) is 5.11 Å². The van der Waals surface area contributed by atoms with E-state index in [0.717, 1.165) is 0 Å². The first-order valence-electron chi connectivity index (χ1n) is 1.65. The predicted molar refractivity (Wildman–Crippen MR) is 20.0 cm³/mol. The molecule has 0 rings (SSSR count). The van der Waals surface area contributed by atoms with Crippen molar-refractivity contribution >= 4 is 0 Å². The van der Waals surface area contributed by atoms with Crippen LogP contribution in [0.15, 0.2) is 0 Å². The second kappa shape index (κ2) is 6.82. The molecular weight excluding hydrogens is 208 g/mol. The average molecular weight is 213 g/mol. The number of rotatable bonds is 3. The molecule has 0 fully saturated rings. The Balaban J connectivity index is 0. The van der Waals surface area contributed by atoms with Gasteiger partial charge in [-0.3, -0.25) is 0 Å². The van der Waals surface area contributed by atoms with Crippen molar-refractivity contribution in [1.29, 1.82) is 0 Å². The Hall–Kier alpha value is -0.178. The first kappa shape index (κ1) is 10.7. The number of hydrogen-bond acceptors (Lipinski definition) is 4. The molecular formula is C2H5NO4Pd. The SMILES string of the molecule is O=[N+]([O-])OCCO.[Pd]. The summed E-state index contributed by atoms with van der Waals surface area (Å²) in [6.45, 7) is -0.562. The Morgan fingerprint density at radius 2 is 2.25 bits per heavy atom. The summed E-state index contributed by atoms with van der Waals surface area (Å²) in [5.41, 5.74) is 0. The first-order chi connectivity index (χ1) is 3.27. The van der Waals surface area contributed by atoms with Gasteiger partial charge in [-0.25, -0.2) is 0 Å². The summed E-state index contributed by atoms with van der Waals surface area (Å²) in [4.78, 5) is 12.9. The minimum atomic E-state index is -0.948. The van der Waals surface area contributed by atoms with Crippen LogP contribution >= 0.6 is 0 Å². The first-order valence-corrected chi connectivity index (χ1v) is 1.65. The van der Waals surface area contributed by atoms with Gasteiger partial charge in [0.25, 0.3) is 5.09 Å². The molecule has 0 saturated heterocycles. The Morgan fingerprint density at radius 1 is 1.75 bits per heavy atom. The smallest absolute Gasteiger partial charge is 0.294 e. The molecule has 8 heavy (non-hydrogen) atoms. The van der Waals surface area contributed by atoms with Crippen molar-refractivity contribution in [2.75, 3.05) is 13.2 Å². The van der Waals surface area contributed by atoms with Gasteiger partial charge < -0.3 is 9.94 Å². The van der Waals surface area contributed by atoms with Crippen molar-refractivity contribution in [1.82, 2.24) is 0 Å². The van der Waals surface area contributed by atoms with Gasteiger partial charge in [0, 0.05) is 20.4 Å². The van der Waals surface area contributed by atoms with Gasteiger partial charge in [-0.2, -0.15) is 0 Å².